The average molecular weight is 337 g/mol. The van der Waals surface area contributed by atoms with E-state index >= 15 is 0 Å². The number of aromatic nitrogens is 1. The van der Waals surface area contributed by atoms with Crippen LogP contribution in [0.15, 0.2) is 6.20 Å². The number of carbonyl (C=O) groups excluding carboxylic acids is 1. The maximum atomic E-state index is 12.2. The average Bonchev–Trinajstić information content (AvgIpc) is 3.10. The number of amides is 1. The molecule has 0 aromatic carbocycles. The Morgan fingerprint density at radius 3 is 2.61 bits per heavy atom. The lowest BCUT2D eigenvalue weighted by Crippen LogP contribution is -2.49. The van der Waals surface area contributed by atoms with Crippen LogP contribution in [0.3, 0.4) is 0 Å². The Bertz CT molecular complexity index is 506. The van der Waals surface area contributed by atoms with Crippen molar-refractivity contribution in [2.24, 2.45) is 0 Å². The molecule has 0 atom stereocenters. The fraction of sp³-hybridized carbons (Fsp3) is 0.750. The van der Waals surface area contributed by atoms with Crippen molar-refractivity contribution in [3.63, 3.8) is 0 Å². The summed E-state index contributed by atoms with van der Waals surface area (Å²) in [4.78, 5) is 24.9. The summed E-state index contributed by atoms with van der Waals surface area (Å²) in [5.41, 5.74) is 0. The van der Waals surface area contributed by atoms with Crippen molar-refractivity contribution in [3.05, 3.63) is 11.1 Å². The zero-order valence-electron chi connectivity index (χ0n) is 14.0. The zero-order chi connectivity index (χ0) is 16.1. The molecule has 6 nitrogen and oxygen atoms in total. The summed E-state index contributed by atoms with van der Waals surface area (Å²) in [6, 6.07) is 0. The minimum atomic E-state index is 0.307. The predicted molar refractivity (Wildman–Crippen MR) is 94.2 cm³/mol. The number of hydrogen-bond acceptors (Lipinski definition) is 6. The largest absolute Gasteiger partial charge is 0.346 e. The fourth-order valence-corrected chi connectivity index (χ4v) is 4.00. The monoisotopic (exact) mass is 337 g/mol. The van der Waals surface area contributed by atoms with Crippen LogP contribution in [-0.4, -0.2) is 79.6 Å². The minimum Gasteiger partial charge on any atom is -0.346 e. The highest BCUT2D eigenvalue weighted by Crippen LogP contribution is 2.23. The van der Waals surface area contributed by atoms with E-state index in [1.807, 2.05) is 22.4 Å². The molecular weight excluding hydrogens is 310 g/mol. The Labute approximate surface area is 142 Å². The summed E-state index contributed by atoms with van der Waals surface area (Å²) in [6.45, 7) is 10.7. The molecule has 23 heavy (non-hydrogen) atoms. The number of thiazole rings is 1. The molecule has 0 spiro atoms. The van der Waals surface area contributed by atoms with Crippen LogP contribution in [0.2, 0.25) is 0 Å². The summed E-state index contributed by atoms with van der Waals surface area (Å²) in [5, 5.41) is 4.44. The van der Waals surface area contributed by atoms with E-state index in [1.54, 1.807) is 0 Å². The molecule has 7 heteroatoms. The van der Waals surface area contributed by atoms with E-state index in [1.165, 1.54) is 4.88 Å². The van der Waals surface area contributed by atoms with Gasteiger partial charge < -0.3 is 15.1 Å². The Balaban J connectivity index is 1.39. The molecule has 1 amide bonds. The topological polar surface area (TPSA) is 51.7 Å². The maximum absolute atomic E-state index is 12.2. The Hall–Kier alpha value is -1.18. The minimum absolute atomic E-state index is 0.307. The van der Waals surface area contributed by atoms with Gasteiger partial charge in [-0.25, -0.2) is 4.98 Å². The summed E-state index contributed by atoms with van der Waals surface area (Å²) in [7, 11) is 0. The molecule has 128 valence electrons. The van der Waals surface area contributed by atoms with Crippen LogP contribution >= 0.6 is 11.3 Å². The molecule has 0 unspecified atom stereocenters. The molecule has 0 radical (unpaired) electrons. The molecule has 1 aromatic rings. The lowest BCUT2D eigenvalue weighted by atomic mass is 10.2. The molecular formula is C16H27N5OS. The Morgan fingerprint density at radius 2 is 1.96 bits per heavy atom. The van der Waals surface area contributed by atoms with Gasteiger partial charge in [0.25, 0.3) is 0 Å². The van der Waals surface area contributed by atoms with Gasteiger partial charge in [0.2, 0.25) is 5.91 Å². The van der Waals surface area contributed by atoms with Gasteiger partial charge in [-0.2, -0.15) is 0 Å². The number of anilines is 1. The number of nitrogens with one attached hydrogen (secondary N) is 1. The van der Waals surface area contributed by atoms with E-state index in [2.05, 4.69) is 27.0 Å². The molecule has 2 saturated heterocycles. The van der Waals surface area contributed by atoms with Gasteiger partial charge in [0, 0.05) is 76.4 Å². The van der Waals surface area contributed by atoms with Crippen LogP contribution < -0.4 is 10.2 Å². The van der Waals surface area contributed by atoms with Gasteiger partial charge in [-0.3, -0.25) is 9.69 Å². The van der Waals surface area contributed by atoms with E-state index < -0.39 is 0 Å². The van der Waals surface area contributed by atoms with Gasteiger partial charge in [0.15, 0.2) is 5.13 Å². The number of nitrogens with zero attached hydrogens (tertiary/aromatic N) is 4. The van der Waals surface area contributed by atoms with Crippen molar-refractivity contribution in [1.29, 1.82) is 0 Å². The van der Waals surface area contributed by atoms with Crippen LogP contribution in [0, 0.1) is 0 Å². The predicted octanol–water partition coefficient (Wildman–Crippen LogP) is 0.649. The van der Waals surface area contributed by atoms with Crippen molar-refractivity contribution < 1.29 is 4.79 Å². The molecule has 3 rings (SSSR count). The van der Waals surface area contributed by atoms with E-state index in [4.69, 9.17) is 0 Å². The molecule has 3 heterocycles. The first-order valence-electron chi connectivity index (χ1n) is 8.66. The third kappa shape index (κ3) is 4.43. The summed E-state index contributed by atoms with van der Waals surface area (Å²) in [5.74, 6) is 0.307. The second-order valence-corrected chi connectivity index (χ2v) is 7.27. The molecule has 1 aromatic heterocycles. The third-order valence-electron chi connectivity index (χ3n) is 4.64. The van der Waals surface area contributed by atoms with Crippen molar-refractivity contribution >= 4 is 22.4 Å². The highest BCUT2D eigenvalue weighted by molar-refractivity contribution is 7.15. The van der Waals surface area contributed by atoms with Gasteiger partial charge in [0.05, 0.1) is 0 Å². The number of aryl methyl sites for hydroxylation is 1. The van der Waals surface area contributed by atoms with Gasteiger partial charge >= 0.3 is 0 Å². The van der Waals surface area contributed by atoms with E-state index in [-0.39, 0.29) is 0 Å². The lowest BCUT2D eigenvalue weighted by molar-refractivity contribution is -0.132. The Morgan fingerprint density at radius 1 is 1.22 bits per heavy atom. The summed E-state index contributed by atoms with van der Waals surface area (Å²) < 4.78 is 0. The van der Waals surface area contributed by atoms with E-state index in [0.717, 1.165) is 70.5 Å². The second-order valence-electron chi connectivity index (χ2n) is 6.17. The van der Waals surface area contributed by atoms with Gasteiger partial charge in [-0.05, 0) is 6.42 Å². The fourth-order valence-electron chi connectivity index (χ4n) is 3.10. The molecule has 2 aliphatic heterocycles. The maximum Gasteiger partial charge on any atom is 0.223 e. The molecule has 2 fully saturated rings. The van der Waals surface area contributed by atoms with Crippen molar-refractivity contribution in [3.8, 4) is 0 Å². The lowest BCUT2D eigenvalue weighted by Gasteiger charge is -2.35. The van der Waals surface area contributed by atoms with Gasteiger partial charge in [-0.15, -0.1) is 11.3 Å². The first-order valence-corrected chi connectivity index (χ1v) is 9.48. The van der Waals surface area contributed by atoms with Crippen LogP contribution in [0.25, 0.3) is 0 Å². The standard InChI is InChI=1S/C16H27N5OS/c1-2-14-13-18-16(23-14)21-11-9-19(10-12-21)6-3-15(22)20-7-4-17-5-8-20/h13,17H,2-12H2,1H3. The molecule has 0 bridgehead atoms. The Kier molecular flexibility index (Phi) is 5.85. The molecule has 0 saturated carbocycles. The van der Waals surface area contributed by atoms with Crippen LogP contribution in [-0.2, 0) is 11.2 Å². The quantitative estimate of drug-likeness (QED) is 0.855. The van der Waals surface area contributed by atoms with Crippen molar-refractivity contribution in [2.45, 2.75) is 19.8 Å². The van der Waals surface area contributed by atoms with Gasteiger partial charge in [-0.1, -0.05) is 6.92 Å². The number of rotatable bonds is 5. The molecule has 2 aliphatic rings. The van der Waals surface area contributed by atoms with Crippen LogP contribution in [0.1, 0.15) is 18.2 Å². The second kappa shape index (κ2) is 8.08. The normalized spacial score (nSPS) is 20.0. The van der Waals surface area contributed by atoms with Crippen LogP contribution in [0.5, 0.6) is 0 Å². The zero-order valence-corrected chi connectivity index (χ0v) is 14.8. The van der Waals surface area contributed by atoms with Crippen molar-refractivity contribution in [2.75, 3.05) is 63.8 Å². The molecule has 0 aliphatic carbocycles. The highest BCUT2D eigenvalue weighted by atomic mass is 32.1. The van der Waals surface area contributed by atoms with Crippen molar-refractivity contribution in [1.82, 2.24) is 20.1 Å². The first-order chi connectivity index (χ1) is 11.3. The summed E-state index contributed by atoms with van der Waals surface area (Å²) >= 11 is 1.81. The van der Waals surface area contributed by atoms with E-state index in [9.17, 15) is 4.79 Å². The first kappa shape index (κ1) is 16.7. The smallest absolute Gasteiger partial charge is 0.223 e. The third-order valence-corrected chi connectivity index (χ3v) is 5.85. The highest BCUT2D eigenvalue weighted by Gasteiger charge is 2.21. The number of carbonyl (C=O) groups is 1. The molecule has 1 N–H and O–H groups in total. The number of hydrogen-bond donors (Lipinski definition) is 1. The van der Waals surface area contributed by atoms with Gasteiger partial charge in [0.1, 0.15) is 0 Å². The van der Waals surface area contributed by atoms with E-state index in [0.29, 0.717) is 12.3 Å². The summed E-state index contributed by atoms with van der Waals surface area (Å²) in [6.07, 6.45) is 3.71. The number of piperazine rings is 2. The SMILES string of the molecule is CCc1cnc(N2CCN(CCC(=O)N3CCNCC3)CC2)s1. The van der Waals surface area contributed by atoms with Crippen LogP contribution in [0.4, 0.5) is 5.13 Å².